The van der Waals surface area contributed by atoms with Crippen LogP contribution in [0.3, 0.4) is 0 Å². The second-order valence-corrected chi connectivity index (χ2v) is 6.25. The molecule has 2 heterocycles. The fraction of sp³-hybridized carbons (Fsp3) is 0.250. The molecule has 0 spiro atoms. The number of benzene rings is 1. The van der Waals surface area contributed by atoms with E-state index in [1.807, 2.05) is 63.2 Å². The van der Waals surface area contributed by atoms with Crippen molar-refractivity contribution in [2.24, 2.45) is 0 Å². The predicted octanol–water partition coefficient (Wildman–Crippen LogP) is 3.14. The maximum atomic E-state index is 13.2. The summed E-state index contributed by atoms with van der Waals surface area (Å²) in [7, 11) is 0. The molecular weight excluding hydrogens is 328 g/mol. The van der Waals surface area contributed by atoms with Gasteiger partial charge in [-0.05, 0) is 45.0 Å². The minimum Gasteiger partial charge on any atom is -0.348 e. The predicted molar refractivity (Wildman–Crippen MR) is 102 cm³/mol. The number of fused-ring (bicyclic) bond motifs is 1. The van der Waals surface area contributed by atoms with Gasteiger partial charge in [0.2, 0.25) is 5.82 Å². The molecule has 1 N–H and O–H groups in total. The van der Waals surface area contributed by atoms with Crippen molar-refractivity contribution < 1.29 is 9.59 Å². The number of nitrogens with zero attached hydrogens (tertiary/aromatic N) is 3. The molecule has 0 aliphatic carbocycles. The SMILES string of the molecule is CCN(C(=O)c1nc(C(=O)NC(C)C)c2ccccn12)c1ccccc1. The number of aromatic nitrogens is 2. The van der Waals surface area contributed by atoms with Crippen LogP contribution in [0.1, 0.15) is 41.9 Å². The summed E-state index contributed by atoms with van der Waals surface area (Å²) < 4.78 is 1.67. The van der Waals surface area contributed by atoms with E-state index in [0.29, 0.717) is 12.1 Å². The van der Waals surface area contributed by atoms with Crippen molar-refractivity contribution in [1.82, 2.24) is 14.7 Å². The average molecular weight is 350 g/mol. The zero-order valence-corrected chi connectivity index (χ0v) is 15.1. The van der Waals surface area contributed by atoms with Crippen LogP contribution >= 0.6 is 0 Å². The molecular formula is C20H22N4O2. The lowest BCUT2D eigenvalue weighted by Gasteiger charge is -2.20. The van der Waals surface area contributed by atoms with E-state index in [1.165, 1.54) is 0 Å². The monoisotopic (exact) mass is 350 g/mol. The van der Waals surface area contributed by atoms with Gasteiger partial charge in [0, 0.05) is 24.5 Å². The van der Waals surface area contributed by atoms with E-state index in [2.05, 4.69) is 10.3 Å². The molecule has 2 amide bonds. The van der Waals surface area contributed by atoms with Gasteiger partial charge in [0.25, 0.3) is 11.8 Å². The first-order chi connectivity index (χ1) is 12.5. The van der Waals surface area contributed by atoms with Crippen LogP contribution in [0.15, 0.2) is 54.7 Å². The number of pyridine rings is 1. The summed E-state index contributed by atoms with van der Waals surface area (Å²) in [5.41, 5.74) is 1.66. The molecule has 0 aliphatic rings. The number of para-hydroxylation sites is 1. The second-order valence-electron chi connectivity index (χ2n) is 6.25. The Morgan fingerprint density at radius 2 is 1.81 bits per heavy atom. The minimum absolute atomic E-state index is 0.0152. The van der Waals surface area contributed by atoms with Gasteiger partial charge in [0.15, 0.2) is 5.69 Å². The van der Waals surface area contributed by atoms with E-state index < -0.39 is 0 Å². The van der Waals surface area contributed by atoms with Gasteiger partial charge in [0.1, 0.15) is 0 Å². The van der Waals surface area contributed by atoms with Crippen LogP contribution in [0.2, 0.25) is 0 Å². The van der Waals surface area contributed by atoms with Gasteiger partial charge in [-0.3, -0.25) is 14.0 Å². The third-order valence-corrected chi connectivity index (χ3v) is 4.00. The molecule has 1 aromatic carbocycles. The van der Waals surface area contributed by atoms with Crippen molar-refractivity contribution in [2.45, 2.75) is 26.8 Å². The Balaban J connectivity index is 2.07. The first-order valence-electron chi connectivity index (χ1n) is 8.67. The number of nitrogens with one attached hydrogen (secondary N) is 1. The highest BCUT2D eigenvalue weighted by atomic mass is 16.2. The van der Waals surface area contributed by atoms with Crippen molar-refractivity contribution in [3.8, 4) is 0 Å². The Morgan fingerprint density at radius 3 is 2.46 bits per heavy atom. The van der Waals surface area contributed by atoms with Crippen LogP contribution in [0.4, 0.5) is 5.69 Å². The summed E-state index contributed by atoms with van der Waals surface area (Å²) in [6.45, 7) is 6.18. The third-order valence-electron chi connectivity index (χ3n) is 4.00. The summed E-state index contributed by atoms with van der Waals surface area (Å²) in [6, 6.07) is 14.8. The molecule has 0 radical (unpaired) electrons. The molecule has 3 aromatic rings. The number of imidazole rings is 1. The van der Waals surface area contributed by atoms with Gasteiger partial charge in [-0.25, -0.2) is 4.98 Å². The molecule has 0 unspecified atom stereocenters. The fourth-order valence-electron chi connectivity index (χ4n) is 2.86. The number of anilines is 1. The summed E-state index contributed by atoms with van der Waals surface area (Å²) >= 11 is 0. The van der Waals surface area contributed by atoms with Crippen molar-refractivity contribution in [1.29, 1.82) is 0 Å². The molecule has 6 heteroatoms. The van der Waals surface area contributed by atoms with Crippen molar-refractivity contribution in [3.05, 3.63) is 66.2 Å². The quantitative estimate of drug-likeness (QED) is 0.769. The Bertz CT molecular complexity index is 931. The summed E-state index contributed by atoms with van der Waals surface area (Å²) in [5, 5.41) is 2.84. The minimum atomic E-state index is -0.287. The highest BCUT2D eigenvalue weighted by molar-refractivity contribution is 6.07. The zero-order valence-electron chi connectivity index (χ0n) is 15.1. The Morgan fingerprint density at radius 1 is 1.12 bits per heavy atom. The number of carbonyl (C=O) groups is 2. The number of hydrogen-bond donors (Lipinski definition) is 1. The van der Waals surface area contributed by atoms with Gasteiger partial charge < -0.3 is 10.2 Å². The standard InChI is InChI=1S/C20H22N4O2/c1-4-23(15-10-6-5-7-11-15)20(26)18-22-17(19(25)21-14(2)3)16-12-8-9-13-24(16)18/h5-14H,4H2,1-3H3,(H,21,25). The van der Waals surface area contributed by atoms with E-state index in [1.54, 1.807) is 21.6 Å². The summed E-state index contributed by atoms with van der Waals surface area (Å²) in [5.74, 6) is -0.311. The van der Waals surface area contributed by atoms with Crippen LogP contribution in [-0.2, 0) is 0 Å². The molecule has 0 atom stereocenters. The fourth-order valence-corrected chi connectivity index (χ4v) is 2.86. The lowest BCUT2D eigenvalue weighted by atomic mass is 10.3. The third kappa shape index (κ3) is 3.31. The molecule has 0 saturated carbocycles. The lowest BCUT2D eigenvalue weighted by molar-refractivity contribution is 0.0940. The molecule has 0 aliphatic heterocycles. The average Bonchev–Trinajstić information content (AvgIpc) is 3.02. The molecule has 6 nitrogen and oxygen atoms in total. The molecule has 0 fully saturated rings. The normalized spacial score (nSPS) is 10.9. The van der Waals surface area contributed by atoms with Crippen molar-refractivity contribution >= 4 is 23.0 Å². The number of amides is 2. The first-order valence-corrected chi connectivity index (χ1v) is 8.67. The van der Waals surface area contributed by atoms with Crippen LogP contribution in [0.25, 0.3) is 5.52 Å². The van der Waals surface area contributed by atoms with Gasteiger partial charge in [-0.1, -0.05) is 24.3 Å². The number of rotatable bonds is 5. The topological polar surface area (TPSA) is 66.7 Å². The molecule has 0 saturated heterocycles. The van der Waals surface area contributed by atoms with E-state index >= 15 is 0 Å². The van der Waals surface area contributed by atoms with Crippen LogP contribution in [0.5, 0.6) is 0 Å². The molecule has 0 bridgehead atoms. The van der Waals surface area contributed by atoms with Gasteiger partial charge >= 0.3 is 0 Å². The summed E-state index contributed by atoms with van der Waals surface area (Å²) in [6.07, 6.45) is 1.75. The summed E-state index contributed by atoms with van der Waals surface area (Å²) in [4.78, 5) is 31.7. The molecule has 2 aromatic heterocycles. The van der Waals surface area contributed by atoms with Gasteiger partial charge in [0.05, 0.1) is 5.52 Å². The highest BCUT2D eigenvalue weighted by Crippen LogP contribution is 2.19. The van der Waals surface area contributed by atoms with Crippen LogP contribution < -0.4 is 10.2 Å². The van der Waals surface area contributed by atoms with E-state index in [9.17, 15) is 9.59 Å². The second kappa shape index (κ2) is 7.39. The van der Waals surface area contributed by atoms with Crippen molar-refractivity contribution in [2.75, 3.05) is 11.4 Å². The Labute approximate surface area is 152 Å². The van der Waals surface area contributed by atoms with E-state index in [0.717, 1.165) is 5.69 Å². The number of carbonyl (C=O) groups excluding carboxylic acids is 2. The van der Waals surface area contributed by atoms with Crippen molar-refractivity contribution in [3.63, 3.8) is 0 Å². The molecule has 3 rings (SSSR count). The maximum absolute atomic E-state index is 13.2. The first kappa shape index (κ1) is 17.7. The van der Waals surface area contributed by atoms with Gasteiger partial charge in [-0.15, -0.1) is 0 Å². The van der Waals surface area contributed by atoms with E-state index in [-0.39, 0.29) is 29.4 Å². The zero-order chi connectivity index (χ0) is 18.7. The van der Waals surface area contributed by atoms with Gasteiger partial charge in [-0.2, -0.15) is 0 Å². The largest absolute Gasteiger partial charge is 0.348 e. The lowest BCUT2D eigenvalue weighted by Crippen LogP contribution is -2.32. The van der Waals surface area contributed by atoms with Crippen LogP contribution in [0, 0.1) is 0 Å². The number of hydrogen-bond acceptors (Lipinski definition) is 3. The Hall–Kier alpha value is -3.15. The van der Waals surface area contributed by atoms with E-state index in [4.69, 9.17) is 0 Å². The molecule has 134 valence electrons. The molecule has 26 heavy (non-hydrogen) atoms. The smallest absolute Gasteiger partial charge is 0.294 e. The highest BCUT2D eigenvalue weighted by Gasteiger charge is 2.25. The maximum Gasteiger partial charge on any atom is 0.294 e. The van der Waals surface area contributed by atoms with Crippen LogP contribution in [-0.4, -0.2) is 33.8 Å². The Kier molecular flexibility index (Phi) is 5.02.